The van der Waals surface area contributed by atoms with Gasteiger partial charge in [-0.1, -0.05) is 12.1 Å². The van der Waals surface area contributed by atoms with E-state index in [4.69, 9.17) is 0 Å². The number of rotatable bonds is 4. The SMILES string of the molecule is c1ccc(-c2[nH]c(-c3ccccn3)c(-c3cnccn3)c2-c2cnccn2)nc1. The molecule has 0 aromatic carbocycles. The minimum absolute atomic E-state index is 0.715. The maximum absolute atomic E-state index is 4.55. The summed E-state index contributed by atoms with van der Waals surface area (Å²) < 4.78 is 0. The summed E-state index contributed by atoms with van der Waals surface area (Å²) in [4.78, 5) is 30.2. The molecule has 0 unspecified atom stereocenters. The molecule has 0 aliphatic heterocycles. The number of nitrogens with one attached hydrogen (secondary N) is 1. The van der Waals surface area contributed by atoms with Crippen molar-refractivity contribution in [3.8, 4) is 45.3 Å². The van der Waals surface area contributed by atoms with Crippen molar-refractivity contribution in [2.24, 2.45) is 0 Å². The van der Waals surface area contributed by atoms with Gasteiger partial charge in [-0.25, -0.2) is 0 Å². The van der Waals surface area contributed by atoms with Crippen LogP contribution in [0.3, 0.4) is 0 Å². The molecule has 7 heteroatoms. The molecular weight excluding hydrogens is 362 g/mol. The molecule has 5 rings (SSSR count). The Bertz CT molecular complexity index is 1120. The fraction of sp³-hybridized carbons (Fsp3) is 0. The van der Waals surface area contributed by atoms with Gasteiger partial charge >= 0.3 is 0 Å². The van der Waals surface area contributed by atoms with Gasteiger partial charge in [0.15, 0.2) is 0 Å². The summed E-state index contributed by atoms with van der Waals surface area (Å²) in [6, 6.07) is 11.6. The van der Waals surface area contributed by atoms with E-state index >= 15 is 0 Å². The van der Waals surface area contributed by atoms with Crippen LogP contribution in [-0.2, 0) is 0 Å². The predicted molar refractivity (Wildman–Crippen MR) is 109 cm³/mol. The van der Waals surface area contributed by atoms with Crippen molar-refractivity contribution in [3.05, 3.63) is 86.0 Å². The molecule has 0 atom stereocenters. The van der Waals surface area contributed by atoms with Gasteiger partial charge in [-0.15, -0.1) is 0 Å². The van der Waals surface area contributed by atoms with Crippen LogP contribution in [0.5, 0.6) is 0 Å². The van der Waals surface area contributed by atoms with Crippen molar-refractivity contribution in [2.45, 2.75) is 0 Å². The van der Waals surface area contributed by atoms with E-state index in [1.807, 2.05) is 36.4 Å². The van der Waals surface area contributed by atoms with Gasteiger partial charge in [-0.2, -0.15) is 0 Å². The van der Waals surface area contributed by atoms with Crippen molar-refractivity contribution in [1.29, 1.82) is 0 Å². The Morgan fingerprint density at radius 1 is 0.483 bits per heavy atom. The van der Waals surface area contributed by atoms with Crippen LogP contribution in [0.1, 0.15) is 0 Å². The van der Waals surface area contributed by atoms with Gasteiger partial charge < -0.3 is 4.98 Å². The average molecular weight is 377 g/mol. The summed E-state index contributed by atoms with van der Waals surface area (Å²) in [6.45, 7) is 0. The van der Waals surface area contributed by atoms with Crippen molar-refractivity contribution < 1.29 is 0 Å². The molecular formula is C22H15N7. The highest BCUT2D eigenvalue weighted by Crippen LogP contribution is 2.43. The number of hydrogen-bond donors (Lipinski definition) is 1. The third-order valence-electron chi connectivity index (χ3n) is 4.48. The topological polar surface area (TPSA) is 93.1 Å². The second-order valence-electron chi connectivity index (χ2n) is 6.24. The molecule has 1 N–H and O–H groups in total. The van der Waals surface area contributed by atoms with Crippen molar-refractivity contribution in [1.82, 2.24) is 34.9 Å². The Labute approximate surface area is 166 Å². The van der Waals surface area contributed by atoms with E-state index in [0.717, 1.165) is 33.9 Å². The highest BCUT2D eigenvalue weighted by Gasteiger charge is 2.25. The molecule has 138 valence electrons. The van der Waals surface area contributed by atoms with E-state index in [-0.39, 0.29) is 0 Å². The molecule has 0 spiro atoms. The Morgan fingerprint density at radius 2 is 0.966 bits per heavy atom. The maximum Gasteiger partial charge on any atom is 0.0914 e. The number of aromatic nitrogens is 7. The first-order chi connectivity index (χ1) is 14.4. The second kappa shape index (κ2) is 7.40. The molecule has 5 heterocycles. The smallest absolute Gasteiger partial charge is 0.0914 e. The zero-order chi connectivity index (χ0) is 19.5. The van der Waals surface area contributed by atoms with Crippen LogP contribution in [0.15, 0.2) is 86.0 Å². The number of nitrogens with zero attached hydrogens (tertiary/aromatic N) is 6. The molecule has 0 aliphatic carbocycles. The van der Waals surface area contributed by atoms with Crippen LogP contribution in [0, 0.1) is 0 Å². The van der Waals surface area contributed by atoms with Crippen LogP contribution in [-0.4, -0.2) is 34.9 Å². The van der Waals surface area contributed by atoms with Gasteiger partial charge in [0.05, 0.1) is 46.6 Å². The molecule has 0 fully saturated rings. The molecule has 29 heavy (non-hydrogen) atoms. The predicted octanol–water partition coefficient (Wildman–Crippen LogP) is 4.05. The normalized spacial score (nSPS) is 10.8. The van der Waals surface area contributed by atoms with E-state index in [1.165, 1.54) is 0 Å². The molecule has 0 saturated heterocycles. The molecule has 0 radical (unpaired) electrons. The number of aromatic amines is 1. The standard InChI is InChI=1S/C22H15N7/c1-3-7-25-15(5-1)21-19(17-13-23-9-11-27-17)20(18-14-24-10-12-28-18)22(29-21)16-6-2-4-8-26-16/h1-14,29H. The Kier molecular flexibility index (Phi) is 4.31. The van der Waals surface area contributed by atoms with E-state index in [1.54, 1.807) is 49.6 Å². The van der Waals surface area contributed by atoms with E-state index < -0.39 is 0 Å². The first-order valence-corrected chi connectivity index (χ1v) is 9.03. The van der Waals surface area contributed by atoms with Crippen LogP contribution in [0.2, 0.25) is 0 Å². The Hall–Kier alpha value is -4.26. The maximum atomic E-state index is 4.55. The van der Waals surface area contributed by atoms with Gasteiger partial charge in [-0.3, -0.25) is 29.9 Å². The molecule has 0 aliphatic rings. The zero-order valence-corrected chi connectivity index (χ0v) is 15.3. The van der Waals surface area contributed by atoms with Crippen LogP contribution in [0.4, 0.5) is 0 Å². The number of pyridine rings is 2. The molecule has 5 aromatic rings. The van der Waals surface area contributed by atoms with Gasteiger partial charge in [0, 0.05) is 48.3 Å². The fourth-order valence-corrected chi connectivity index (χ4v) is 3.27. The summed E-state index contributed by atoms with van der Waals surface area (Å²) >= 11 is 0. The van der Waals surface area contributed by atoms with Gasteiger partial charge in [0.25, 0.3) is 0 Å². The van der Waals surface area contributed by atoms with E-state index in [0.29, 0.717) is 11.4 Å². The minimum Gasteiger partial charge on any atom is -0.351 e. The third-order valence-corrected chi connectivity index (χ3v) is 4.48. The van der Waals surface area contributed by atoms with Gasteiger partial charge in [0.1, 0.15) is 0 Å². The van der Waals surface area contributed by atoms with Crippen LogP contribution in [0.25, 0.3) is 45.3 Å². The van der Waals surface area contributed by atoms with Crippen LogP contribution >= 0.6 is 0 Å². The lowest BCUT2D eigenvalue weighted by Gasteiger charge is -2.07. The van der Waals surface area contributed by atoms with E-state index in [2.05, 4.69) is 34.9 Å². The lowest BCUT2D eigenvalue weighted by molar-refractivity contribution is 1.19. The fourth-order valence-electron chi connectivity index (χ4n) is 3.27. The number of hydrogen-bond acceptors (Lipinski definition) is 6. The highest BCUT2D eigenvalue weighted by molar-refractivity contribution is 5.98. The van der Waals surface area contributed by atoms with Gasteiger partial charge in [0.2, 0.25) is 0 Å². The molecule has 0 amide bonds. The summed E-state index contributed by atoms with van der Waals surface area (Å²) in [7, 11) is 0. The summed E-state index contributed by atoms with van der Waals surface area (Å²) in [5.41, 5.74) is 6.39. The number of H-pyrrole nitrogens is 1. The monoisotopic (exact) mass is 377 g/mol. The highest BCUT2D eigenvalue weighted by atomic mass is 14.9. The zero-order valence-electron chi connectivity index (χ0n) is 15.3. The van der Waals surface area contributed by atoms with E-state index in [9.17, 15) is 0 Å². The molecule has 0 bridgehead atoms. The second-order valence-corrected chi connectivity index (χ2v) is 6.24. The van der Waals surface area contributed by atoms with Crippen molar-refractivity contribution in [3.63, 3.8) is 0 Å². The lowest BCUT2D eigenvalue weighted by Crippen LogP contribution is -1.92. The third kappa shape index (κ3) is 3.14. The van der Waals surface area contributed by atoms with Crippen molar-refractivity contribution in [2.75, 3.05) is 0 Å². The molecule has 7 nitrogen and oxygen atoms in total. The van der Waals surface area contributed by atoms with Gasteiger partial charge in [-0.05, 0) is 24.3 Å². The summed E-state index contributed by atoms with van der Waals surface area (Å²) in [5, 5.41) is 0. The van der Waals surface area contributed by atoms with Crippen molar-refractivity contribution >= 4 is 0 Å². The average Bonchev–Trinajstić information content (AvgIpc) is 3.22. The summed E-state index contributed by atoms with van der Waals surface area (Å²) in [5.74, 6) is 0. The molecule has 0 saturated carbocycles. The van der Waals surface area contributed by atoms with Crippen LogP contribution < -0.4 is 0 Å². The first-order valence-electron chi connectivity index (χ1n) is 9.03. The minimum atomic E-state index is 0.715. The molecule has 5 aromatic heterocycles. The quantitative estimate of drug-likeness (QED) is 0.508. The summed E-state index contributed by atoms with van der Waals surface area (Å²) in [6.07, 6.45) is 13.6. The first kappa shape index (κ1) is 16.9. The largest absolute Gasteiger partial charge is 0.351 e. The lowest BCUT2D eigenvalue weighted by atomic mass is 10.00. The Morgan fingerprint density at radius 3 is 1.34 bits per heavy atom. The Balaban J connectivity index is 1.89.